The molecule has 4 rings (SSSR count). The van der Waals surface area contributed by atoms with Crippen LogP contribution in [0.4, 0.5) is 5.82 Å². The van der Waals surface area contributed by atoms with Gasteiger partial charge in [0.25, 0.3) is 0 Å². The molecule has 0 fully saturated rings. The van der Waals surface area contributed by atoms with Crippen molar-refractivity contribution in [2.24, 2.45) is 0 Å². The fourth-order valence-electron chi connectivity index (χ4n) is 2.35. The van der Waals surface area contributed by atoms with Crippen molar-refractivity contribution >= 4 is 11.5 Å². The zero-order valence-corrected chi connectivity index (χ0v) is 10.2. The lowest BCUT2D eigenvalue weighted by Gasteiger charge is -2.12. The Balaban J connectivity index is 1.65. The molecule has 3 heterocycles. The van der Waals surface area contributed by atoms with Crippen molar-refractivity contribution in [1.82, 2.24) is 14.6 Å². The maximum atomic E-state index is 5.65. The predicted octanol–water partition coefficient (Wildman–Crippen LogP) is 2.27. The fourth-order valence-corrected chi connectivity index (χ4v) is 2.35. The molecule has 1 unspecified atom stereocenters. The number of rotatable bonds is 2. The molecule has 1 aromatic carbocycles. The molecule has 0 spiro atoms. The first kappa shape index (κ1) is 10.4. The molecule has 0 bridgehead atoms. The first-order chi connectivity index (χ1) is 9.40. The molecule has 94 valence electrons. The van der Waals surface area contributed by atoms with Crippen molar-refractivity contribution in [3.63, 3.8) is 0 Å². The first-order valence-electron chi connectivity index (χ1n) is 6.19. The standard InChI is InChI=1S/C14H12N4O/c1-2-4-12-10(3-1)11(9-19-12)16-13-6-8-18-14(17-13)5-7-15-18/h1-8,11H,9H2,(H,16,17). The average Bonchev–Trinajstić information content (AvgIpc) is 3.06. The quantitative estimate of drug-likeness (QED) is 0.760. The monoisotopic (exact) mass is 252 g/mol. The molecule has 19 heavy (non-hydrogen) atoms. The predicted molar refractivity (Wildman–Crippen MR) is 71.3 cm³/mol. The minimum atomic E-state index is 0.147. The van der Waals surface area contributed by atoms with E-state index in [4.69, 9.17) is 4.74 Å². The molecular formula is C14H12N4O. The highest BCUT2D eigenvalue weighted by Crippen LogP contribution is 2.33. The molecule has 1 aliphatic rings. The Morgan fingerprint density at radius 1 is 1.21 bits per heavy atom. The van der Waals surface area contributed by atoms with Crippen molar-refractivity contribution in [3.8, 4) is 5.75 Å². The number of ether oxygens (including phenoxy) is 1. The van der Waals surface area contributed by atoms with Gasteiger partial charge in [-0.1, -0.05) is 18.2 Å². The molecule has 1 atom stereocenters. The van der Waals surface area contributed by atoms with Gasteiger partial charge in [-0.3, -0.25) is 0 Å². The van der Waals surface area contributed by atoms with Gasteiger partial charge in [-0.2, -0.15) is 5.10 Å². The van der Waals surface area contributed by atoms with Crippen LogP contribution in [0.1, 0.15) is 11.6 Å². The Morgan fingerprint density at radius 3 is 3.16 bits per heavy atom. The van der Waals surface area contributed by atoms with Crippen LogP contribution in [0.5, 0.6) is 5.75 Å². The number of benzene rings is 1. The van der Waals surface area contributed by atoms with E-state index in [-0.39, 0.29) is 6.04 Å². The molecule has 5 heteroatoms. The number of hydrogen-bond donors (Lipinski definition) is 1. The maximum Gasteiger partial charge on any atom is 0.157 e. The van der Waals surface area contributed by atoms with Gasteiger partial charge in [0.15, 0.2) is 5.65 Å². The van der Waals surface area contributed by atoms with Gasteiger partial charge in [-0.05, 0) is 12.1 Å². The number of aromatic nitrogens is 3. The minimum absolute atomic E-state index is 0.147. The van der Waals surface area contributed by atoms with Crippen LogP contribution in [0.25, 0.3) is 5.65 Å². The molecule has 0 amide bonds. The van der Waals surface area contributed by atoms with E-state index in [9.17, 15) is 0 Å². The van der Waals surface area contributed by atoms with Crippen LogP contribution in [-0.4, -0.2) is 21.2 Å². The molecule has 1 aliphatic heterocycles. The molecule has 0 saturated heterocycles. The van der Waals surface area contributed by atoms with Crippen molar-refractivity contribution < 1.29 is 4.74 Å². The van der Waals surface area contributed by atoms with Crippen molar-refractivity contribution in [2.45, 2.75) is 6.04 Å². The summed E-state index contributed by atoms with van der Waals surface area (Å²) in [7, 11) is 0. The van der Waals surface area contributed by atoms with E-state index in [1.54, 1.807) is 10.7 Å². The average molecular weight is 252 g/mol. The molecule has 0 aliphatic carbocycles. The third kappa shape index (κ3) is 1.71. The Morgan fingerprint density at radius 2 is 2.16 bits per heavy atom. The van der Waals surface area contributed by atoms with Gasteiger partial charge < -0.3 is 10.1 Å². The highest BCUT2D eigenvalue weighted by molar-refractivity contribution is 5.49. The normalized spacial score (nSPS) is 17.2. The molecule has 0 radical (unpaired) electrons. The molecule has 5 nitrogen and oxygen atoms in total. The van der Waals surface area contributed by atoms with Crippen LogP contribution < -0.4 is 10.1 Å². The summed E-state index contributed by atoms with van der Waals surface area (Å²) >= 11 is 0. The smallest absolute Gasteiger partial charge is 0.157 e. The summed E-state index contributed by atoms with van der Waals surface area (Å²) in [6.07, 6.45) is 3.63. The van der Waals surface area contributed by atoms with Gasteiger partial charge in [0, 0.05) is 17.8 Å². The van der Waals surface area contributed by atoms with Crippen LogP contribution in [-0.2, 0) is 0 Å². The number of nitrogens with one attached hydrogen (secondary N) is 1. The summed E-state index contributed by atoms with van der Waals surface area (Å²) in [6.45, 7) is 0.630. The number of fused-ring (bicyclic) bond motifs is 2. The Kier molecular flexibility index (Phi) is 2.17. The van der Waals surface area contributed by atoms with E-state index in [2.05, 4.69) is 21.5 Å². The Hall–Kier alpha value is -2.56. The summed E-state index contributed by atoms with van der Waals surface area (Å²) in [5.74, 6) is 1.78. The number of nitrogens with zero attached hydrogens (tertiary/aromatic N) is 3. The molecule has 2 aromatic heterocycles. The lowest BCUT2D eigenvalue weighted by molar-refractivity contribution is 0.339. The Labute approximate surface area is 109 Å². The molecule has 3 aromatic rings. The van der Waals surface area contributed by atoms with Gasteiger partial charge in [0.05, 0.1) is 12.2 Å². The van der Waals surface area contributed by atoms with E-state index in [1.165, 1.54) is 5.56 Å². The van der Waals surface area contributed by atoms with Gasteiger partial charge in [0.1, 0.15) is 18.2 Å². The highest BCUT2D eigenvalue weighted by Gasteiger charge is 2.23. The Bertz CT molecular complexity index is 737. The topological polar surface area (TPSA) is 51.5 Å². The zero-order valence-electron chi connectivity index (χ0n) is 10.2. The highest BCUT2D eigenvalue weighted by atomic mass is 16.5. The zero-order chi connectivity index (χ0) is 12.7. The van der Waals surface area contributed by atoms with E-state index in [0.717, 1.165) is 17.2 Å². The van der Waals surface area contributed by atoms with E-state index >= 15 is 0 Å². The number of anilines is 1. The molecule has 1 N–H and O–H groups in total. The summed E-state index contributed by atoms with van der Waals surface area (Å²) in [6, 6.07) is 12.0. The number of hydrogen-bond acceptors (Lipinski definition) is 4. The van der Waals surface area contributed by atoms with Crippen LogP contribution in [0.15, 0.2) is 48.8 Å². The van der Waals surface area contributed by atoms with Gasteiger partial charge >= 0.3 is 0 Å². The van der Waals surface area contributed by atoms with Crippen LogP contribution in [0.2, 0.25) is 0 Å². The van der Waals surface area contributed by atoms with Crippen molar-refractivity contribution in [2.75, 3.05) is 11.9 Å². The summed E-state index contributed by atoms with van der Waals surface area (Å²) in [5.41, 5.74) is 2.01. The SMILES string of the molecule is c1ccc2c(c1)OCC2Nc1ccn2nccc2n1. The second kappa shape index (κ2) is 3.98. The van der Waals surface area contributed by atoms with E-state index in [1.807, 2.05) is 36.5 Å². The van der Waals surface area contributed by atoms with Gasteiger partial charge in [-0.15, -0.1) is 0 Å². The molecular weight excluding hydrogens is 240 g/mol. The largest absolute Gasteiger partial charge is 0.491 e. The second-order valence-corrected chi connectivity index (χ2v) is 4.49. The summed E-state index contributed by atoms with van der Waals surface area (Å²) in [5, 5.41) is 7.53. The maximum absolute atomic E-state index is 5.65. The molecule has 0 saturated carbocycles. The van der Waals surface area contributed by atoms with E-state index < -0.39 is 0 Å². The van der Waals surface area contributed by atoms with E-state index in [0.29, 0.717) is 6.61 Å². The lowest BCUT2D eigenvalue weighted by Crippen LogP contribution is -2.13. The fraction of sp³-hybridized carbons (Fsp3) is 0.143. The second-order valence-electron chi connectivity index (χ2n) is 4.49. The van der Waals surface area contributed by atoms with Crippen LogP contribution in [0.3, 0.4) is 0 Å². The van der Waals surface area contributed by atoms with Crippen molar-refractivity contribution in [1.29, 1.82) is 0 Å². The number of para-hydroxylation sites is 1. The summed E-state index contributed by atoms with van der Waals surface area (Å²) in [4.78, 5) is 4.51. The van der Waals surface area contributed by atoms with Gasteiger partial charge in [-0.25, -0.2) is 9.50 Å². The van der Waals surface area contributed by atoms with Crippen LogP contribution >= 0.6 is 0 Å². The summed E-state index contributed by atoms with van der Waals surface area (Å²) < 4.78 is 7.39. The minimum Gasteiger partial charge on any atom is -0.491 e. The first-order valence-corrected chi connectivity index (χ1v) is 6.19. The third-order valence-electron chi connectivity index (χ3n) is 3.28. The third-order valence-corrected chi connectivity index (χ3v) is 3.28. The van der Waals surface area contributed by atoms with Crippen LogP contribution in [0, 0.1) is 0 Å². The lowest BCUT2D eigenvalue weighted by atomic mass is 10.1. The van der Waals surface area contributed by atoms with Crippen molar-refractivity contribution in [3.05, 3.63) is 54.4 Å². The van der Waals surface area contributed by atoms with Gasteiger partial charge in [0.2, 0.25) is 0 Å².